The monoisotopic (exact) mass is 554 g/mol. The highest BCUT2D eigenvalue weighted by Gasteiger charge is 2.49. The number of rotatable bonds is 21. The topological polar surface area (TPSA) is 36.9 Å². The molecular weight excluding hydrogens is 497 g/mol. The summed E-state index contributed by atoms with van der Waals surface area (Å²) in [4.78, 5) is 0. The fourth-order valence-electron chi connectivity index (χ4n) is 3.44. The first-order valence-electron chi connectivity index (χ1n) is 14.1. The van der Waals surface area contributed by atoms with E-state index in [9.17, 15) is 0 Å². The zero-order valence-corrected chi connectivity index (χ0v) is 28.5. The molecule has 34 heavy (non-hydrogen) atoms. The summed E-state index contributed by atoms with van der Waals surface area (Å²) in [6.45, 7) is 26.9. The molecule has 0 aromatic rings. The molecule has 0 spiro atoms. The van der Waals surface area contributed by atoms with E-state index in [1.807, 2.05) is 21.6 Å². The van der Waals surface area contributed by atoms with Gasteiger partial charge in [-0.25, -0.2) is 0 Å². The smallest absolute Gasteiger partial charge is 0.339 e. The van der Waals surface area contributed by atoms with E-state index in [2.05, 4.69) is 83.1 Å². The molecule has 0 fully saturated rings. The minimum absolute atomic E-state index is 0.0127. The van der Waals surface area contributed by atoms with E-state index in [1.54, 1.807) is 0 Å². The lowest BCUT2D eigenvalue weighted by atomic mass is 10.2. The molecule has 0 aliphatic carbocycles. The number of hydrogen-bond acceptors (Lipinski definition) is 6. The zero-order chi connectivity index (χ0) is 26.4. The van der Waals surface area contributed by atoms with Gasteiger partial charge in [-0.05, 0) is 79.1 Å². The Balaban J connectivity index is 6.10. The Morgan fingerprint density at radius 2 is 0.676 bits per heavy atom. The molecule has 4 atom stereocenters. The fourth-order valence-corrected chi connectivity index (χ4v) is 15.1. The Hall–Kier alpha value is 0.974. The summed E-state index contributed by atoms with van der Waals surface area (Å²) in [6, 6.07) is 0. The normalized spacial score (nSPS) is 18.4. The SMILES string of the molecule is CCC(C)O[SiH](OC(C)CC)C(CC)(CC)SSC(CC)(CC)[SiH](OC(C)CC)OC(C)CC. The summed E-state index contributed by atoms with van der Waals surface area (Å²) in [6.07, 6.45) is 9.21. The Morgan fingerprint density at radius 3 is 0.824 bits per heavy atom. The van der Waals surface area contributed by atoms with Gasteiger partial charge in [-0.3, -0.25) is 0 Å². The predicted molar refractivity (Wildman–Crippen MR) is 159 cm³/mol. The van der Waals surface area contributed by atoms with Crippen LogP contribution in [-0.2, 0) is 17.7 Å². The summed E-state index contributed by atoms with van der Waals surface area (Å²) in [5, 5.41) is 0. The highest BCUT2D eigenvalue weighted by Crippen LogP contribution is 2.52. The summed E-state index contributed by atoms with van der Waals surface area (Å²) in [7, 11) is 0.134. The van der Waals surface area contributed by atoms with E-state index >= 15 is 0 Å². The molecule has 4 nitrogen and oxygen atoms in total. The molecule has 0 N–H and O–H groups in total. The van der Waals surface area contributed by atoms with Crippen LogP contribution in [0.4, 0.5) is 0 Å². The molecule has 8 heteroatoms. The van der Waals surface area contributed by atoms with Crippen LogP contribution in [0.2, 0.25) is 0 Å². The van der Waals surface area contributed by atoms with E-state index in [0.29, 0.717) is 0 Å². The van der Waals surface area contributed by atoms with Crippen molar-refractivity contribution in [2.45, 2.75) is 168 Å². The molecule has 0 amide bonds. The van der Waals surface area contributed by atoms with Crippen molar-refractivity contribution in [3.05, 3.63) is 0 Å². The molecule has 0 radical (unpaired) electrons. The van der Waals surface area contributed by atoms with Gasteiger partial charge in [0, 0.05) is 24.4 Å². The van der Waals surface area contributed by atoms with Crippen molar-refractivity contribution in [3.8, 4) is 0 Å². The van der Waals surface area contributed by atoms with E-state index in [-0.39, 0.29) is 33.2 Å². The Labute approximate surface area is 224 Å². The van der Waals surface area contributed by atoms with Crippen LogP contribution in [0.1, 0.15) is 134 Å². The molecule has 4 unspecified atom stereocenters. The van der Waals surface area contributed by atoms with Crippen molar-refractivity contribution < 1.29 is 17.7 Å². The van der Waals surface area contributed by atoms with Gasteiger partial charge in [0.25, 0.3) is 0 Å². The molecule has 0 aromatic carbocycles. The van der Waals surface area contributed by atoms with Crippen molar-refractivity contribution in [1.82, 2.24) is 0 Å². The Bertz CT molecular complexity index is 439. The van der Waals surface area contributed by atoms with Crippen LogP contribution < -0.4 is 0 Å². The average molecular weight is 555 g/mol. The van der Waals surface area contributed by atoms with E-state index in [1.165, 1.54) is 0 Å². The van der Waals surface area contributed by atoms with Crippen molar-refractivity contribution in [1.29, 1.82) is 0 Å². The minimum Gasteiger partial charge on any atom is -0.393 e. The Kier molecular flexibility index (Phi) is 18.8. The van der Waals surface area contributed by atoms with Gasteiger partial charge in [0.15, 0.2) is 0 Å². The summed E-state index contributed by atoms with van der Waals surface area (Å²) < 4.78 is 26.9. The van der Waals surface area contributed by atoms with Gasteiger partial charge in [-0.1, -0.05) is 77.0 Å². The molecule has 0 heterocycles. The molecule has 0 saturated heterocycles. The first-order chi connectivity index (χ1) is 16.1. The first-order valence-corrected chi connectivity index (χ1v) is 19.2. The maximum atomic E-state index is 6.71. The van der Waals surface area contributed by atoms with Crippen molar-refractivity contribution in [2.75, 3.05) is 0 Å². The molecule has 0 saturated carbocycles. The van der Waals surface area contributed by atoms with Crippen molar-refractivity contribution in [2.24, 2.45) is 0 Å². The van der Waals surface area contributed by atoms with E-state index in [0.717, 1.165) is 51.4 Å². The molecular formula is C26H58O4S2Si2. The first kappa shape index (κ1) is 35.0. The highest BCUT2D eigenvalue weighted by atomic mass is 33.1. The summed E-state index contributed by atoms with van der Waals surface area (Å²) in [5.41, 5.74) is 0. The maximum Gasteiger partial charge on any atom is 0.339 e. The summed E-state index contributed by atoms with van der Waals surface area (Å²) >= 11 is 0. The molecule has 0 aliphatic rings. The Morgan fingerprint density at radius 1 is 0.471 bits per heavy atom. The second-order valence-corrected chi connectivity index (χ2v) is 18.2. The third-order valence-electron chi connectivity index (χ3n) is 7.35. The van der Waals surface area contributed by atoms with Crippen LogP contribution in [0.15, 0.2) is 0 Å². The van der Waals surface area contributed by atoms with Crippen LogP contribution in [0.25, 0.3) is 0 Å². The van der Waals surface area contributed by atoms with Crippen LogP contribution in [0.3, 0.4) is 0 Å². The maximum absolute atomic E-state index is 6.71. The molecule has 0 aromatic heterocycles. The second kappa shape index (κ2) is 18.3. The van der Waals surface area contributed by atoms with Crippen molar-refractivity contribution in [3.63, 3.8) is 0 Å². The van der Waals surface area contributed by atoms with Gasteiger partial charge < -0.3 is 17.7 Å². The van der Waals surface area contributed by atoms with Gasteiger partial charge in [-0.15, -0.1) is 0 Å². The third kappa shape index (κ3) is 10.8. The quantitative estimate of drug-likeness (QED) is 0.105. The van der Waals surface area contributed by atoms with Gasteiger partial charge >= 0.3 is 18.6 Å². The van der Waals surface area contributed by atoms with Crippen molar-refractivity contribution >= 4 is 40.2 Å². The third-order valence-corrected chi connectivity index (χ3v) is 20.6. The zero-order valence-electron chi connectivity index (χ0n) is 24.6. The molecule has 0 bridgehead atoms. The fraction of sp³-hybridized carbons (Fsp3) is 1.00. The van der Waals surface area contributed by atoms with Crippen LogP contribution in [0, 0.1) is 0 Å². The minimum atomic E-state index is -1.97. The van der Waals surface area contributed by atoms with E-state index in [4.69, 9.17) is 17.7 Å². The van der Waals surface area contributed by atoms with Crippen LogP contribution >= 0.6 is 21.6 Å². The van der Waals surface area contributed by atoms with Gasteiger partial charge in [0.05, 0.1) is 8.74 Å². The largest absolute Gasteiger partial charge is 0.393 e. The molecule has 206 valence electrons. The number of hydrogen-bond donors (Lipinski definition) is 0. The average Bonchev–Trinajstić information content (AvgIpc) is 2.86. The second-order valence-electron chi connectivity index (χ2n) is 9.79. The lowest BCUT2D eigenvalue weighted by Gasteiger charge is -2.43. The van der Waals surface area contributed by atoms with Gasteiger partial charge in [0.2, 0.25) is 0 Å². The standard InChI is InChI=1S/C26H58O4S2Si2/c1-13-21(9)27-33(28-22(10)14-2)25(17-5,18-6)31-32-26(19-7,20-8)34(29-23(11)15-3)30-24(12)16-4/h21-24,33-34H,13-20H2,1-12H3. The summed E-state index contributed by atoms with van der Waals surface area (Å²) in [5.74, 6) is 0. The lowest BCUT2D eigenvalue weighted by molar-refractivity contribution is 0.0999. The van der Waals surface area contributed by atoms with Crippen LogP contribution in [0.5, 0.6) is 0 Å². The van der Waals surface area contributed by atoms with E-state index < -0.39 is 18.6 Å². The molecule has 0 rings (SSSR count). The lowest BCUT2D eigenvalue weighted by Crippen LogP contribution is -2.52. The van der Waals surface area contributed by atoms with Gasteiger partial charge in [-0.2, -0.15) is 0 Å². The van der Waals surface area contributed by atoms with Crippen LogP contribution in [-0.4, -0.2) is 51.7 Å². The van der Waals surface area contributed by atoms with Gasteiger partial charge in [0.1, 0.15) is 0 Å². The highest BCUT2D eigenvalue weighted by molar-refractivity contribution is 8.78. The molecule has 0 aliphatic heterocycles. The predicted octanol–water partition coefficient (Wildman–Crippen LogP) is 8.27.